The summed E-state index contributed by atoms with van der Waals surface area (Å²) >= 11 is 0. The minimum Gasteiger partial charge on any atom is -0.350 e. The molecular formula is C11H22N2O. The Labute approximate surface area is 86.4 Å². The predicted octanol–water partition coefficient (Wildman–Crippen LogP) is 1.27. The van der Waals surface area contributed by atoms with Crippen LogP contribution >= 0.6 is 0 Å². The largest absolute Gasteiger partial charge is 0.350 e. The van der Waals surface area contributed by atoms with Gasteiger partial charge in [-0.05, 0) is 38.5 Å². The van der Waals surface area contributed by atoms with Gasteiger partial charge in [-0.25, -0.2) is 0 Å². The van der Waals surface area contributed by atoms with E-state index in [1.165, 1.54) is 12.8 Å². The van der Waals surface area contributed by atoms with Gasteiger partial charge >= 0.3 is 0 Å². The number of rotatable bonds is 4. The van der Waals surface area contributed by atoms with E-state index in [0.29, 0.717) is 5.92 Å². The summed E-state index contributed by atoms with van der Waals surface area (Å²) in [7, 11) is 0. The Morgan fingerprint density at radius 2 is 1.93 bits per heavy atom. The summed E-state index contributed by atoms with van der Waals surface area (Å²) in [4.78, 5) is 11.7. The molecule has 0 unspecified atom stereocenters. The highest BCUT2D eigenvalue weighted by Gasteiger charge is 2.39. The molecule has 1 atom stereocenters. The molecule has 1 saturated carbocycles. The summed E-state index contributed by atoms with van der Waals surface area (Å²) in [5, 5.41) is 3.04. The molecule has 0 bridgehead atoms. The van der Waals surface area contributed by atoms with Gasteiger partial charge in [-0.3, -0.25) is 4.79 Å². The molecule has 3 nitrogen and oxygen atoms in total. The predicted molar refractivity (Wildman–Crippen MR) is 57.8 cm³/mol. The first kappa shape index (κ1) is 11.5. The van der Waals surface area contributed by atoms with E-state index in [0.717, 1.165) is 0 Å². The number of amides is 1. The second kappa shape index (κ2) is 3.89. The number of nitrogens with two attached hydrogens (primary N) is 1. The molecule has 3 N–H and O–H groups in total. The summed E-state index contributed by atoms with van der Waals surface area (Å²) in [6.07, 6.45) is 2.45. The van der Waals surface area contributed by atoms with E-state index in [1.807, 2.05) is 13.8 Å². The van der Waals surface area contributed by atoms with Crippen molar-refractivity contribution in [3.8, 4) is 0 Å². The molecule has 0 spiro atoms. The molecule has 3 heteroatoms. The molecule has 1 rings (SSSR count). The Bertz CT molecular complexity index is 219. The Hall–Kier alpha value is -0.570. The molecule has 1 fully saturated rings. The minimum atomic E-state index is -0.381. The Balaban J connectivity index is 2.46. The zero-order valence-electron chi connectivity index (χ0n) is 9.63. The first-order valence-electron chi connectivity index (χ1n) is 5.42. The van der Waals surface area contributed by atoms with Gasteiger partial charge in [0.25, 0.3) is 0 Å². The van der Waals surface area contributed by atoms with Gasteiger partial charge in [0.2, 0.25) is 5.91 Å². The van der Waals surface area contributed by atoms with E-state index in [1.54, 1.807) is 0 Å². The van der Waals surface area contributed by atoms with E-state index >= 15 is 0 Å². The molecule has 82 valence electrons. The van der Waals surface area contributed by atoms with Crippen LogP contribution in [0.2, 0.25) is 0 Å². The first-order chi connectivity index (χ1) is 6.34. The topological polar surface area (TPSA) is 55.1 Å². The quantitative estimate of drug-likeness (QED) is 0.715. The molecule has 0 radical (unpaired) electrons. The van der Waals surface area contributed by atoms with Crippen LogP contribution in [0.25, 0.3) is 0 Å². The maximum Gasteiger partial charge on any atom is 0.237 e. The fraction of sp³-hybridized carbons (Fsp3) is 0.909. The lowest BCUT2D eigenvalue weighted by atomic mass is 9.96. The average molecular weight is 198 g/mol. The molecule has 0 saturated heterocycles. The summed E-state index contributed by atoms with van der Waals surface area (Å²) in [5.41, 5.74) is 5.70. The van der Waals surface area contributed by atoms with Crippen molar-refractivity contribution in [2.45, 2.75) is 52.1 Å². The first-order valence-corrected chi connectivity index (χ1v) is 5.42. The molecule has 1 aliphatic carbocycles. The Kier molecular flexibility index (Phi) is 3.20. The number of carbonyl (C=O) groups excluding carboxylic acids is 1. The normalized spacial score (nSPS) is 19.6. The summed E-state index contributed by atoms with van der Waals surface area (Å²) < 4.78 is 0. The van der Waals surface area contributed by atoms with Crippen molar-refractivity contribution in [1.29, 1.82) is 0 Å². The van der Waals surface area contributed by atoms with Crippen molar-refractivity contribution in [3.63, 3.8) is 0 Å². The molecule has 14 heavy (non-hydrogen) atoms. The number of carbonyl (C=O) groups is 1. The van der Waals surface area contributed by atoms with Crippen molar-refractivity contribution >= 4 is 5.91 Å². The van der Waals surface area contributed by atoms with E-state index in [-0.39, 0.29) is 23.4 Å². The van der Waals surface area contributed by atoms with Crippen LogP contribution in [0.3, 0.4) is 0 Å². The van der Waals surface area contributed by atoms with Crippen LogP contribution in [0.5, 0.6) is 0 Å². The van der Waals surface area contributed by atoms with Gasteiger partial charge in [0.1, 0.15) is 0 Å². The third kappa shape index (κ3) is 2.71. The van der Waals surface area contributed by atoms with Crippen LogP contribution in [0.15, 0.2) is 0 Å². The third-order valence-corrected chi connectivity index (χ3v) is 3.06. The Morgan fingerprint density at radius 3 is 2.29 bits per heavy atom. The van der Waals surface area contributed by atoms with Crippen LogP contribution in [0.4, 0.5) is 0 Å². The highest BCUT2D eigenvalue weighted by atomic mass is 16.2. The minimum absolute atomic E-state index is 0.0168. The standard InChI is InChI=1S/C11H22N2O/c1-7(2)9(12)10(14)13-11(3,4)8-5-6-8/h7-9H,5-6,12H2,1-4H3,(H,13,14)/t9-/m0/s1. The molecule has 0 aromatic heterocycles. The van der Waals surface area contributed by atoms with E-state index < -0.39 is 0 Å². The zero-order valence-corrected chi connectivity index (χ0v) is 9.63. The van der Waals surface area contributed by atoms with Gasteiger partial charge in [-0.15, -0.1) is 0 Å². The van der Waals surface area contributed by atoms with Crippen molar-refractivity contribution in [3.05, 3.63) is 0 Å². The van der Waals surface area contributed by atoms with Crippen LogP contribution in [0, 0.1) is 11.8 Å². The maximum absolute atomic E-state index is 11.7. The van der Waals surface area contributed by atoms with Gasteiger partial charge < -0.3 is 11.1 Å². The smallest absolute Gasteiger partial charge is 0.237 e. The molecule has 0 aromatic rings. The lowest BCUT2D eigenvalue weighted by Gasteiger charge is -2.28. The molecule has 0 heterocycles. The van der Waals surface area contributed by atoms with Gasteiger partial charge in [0, 0.05) is 5.54 Å². The van der Waals surface area contributed by atoms with Crippen LogP contribution in [0.1, 0.15) is 40.5 Å². The lowest BCUT2D eigenvalue weighted by molar-refractivity contribution is -0.125. The Morgan fingerprint density at radius 1 is 1.43 bits per heavy atom. The average Bonchev–Trinajstić information content (AvgIpc) is 2.83. The van der Waals surface area contributed by atoms with Crippen LogP contribution in [-0.4, -0.2) is 17.5 Å². The molecule has 0 aliphatic heterocycles. The van der Waals surface area contributed by atoms with Gasteiger partial charge in [0.15, 0.2) is 0 Å². The highest BCUT2D eigenvalue weighted by Crippen LogP contribution is 2.39. The molecule has 0 aromatic carbocycles. The van der Waals surface area contributed by atoms with E-state index in [9.17, 15) is 4.79 Å². The van der Waals surface area contributed by atoms with Gasteiger partial charge in [-0.2, -0.15) is 0 Å². The van der Waals surface area contributed by atoms with Crippen molar-refractivity contribution in [2.75, 3.05) is 0 Å². The summed E-state index contributed by atoms with van der Waals surface area (Å²) in [6.45, 7) is 8.09. The van der Waals surface area contributed by atoms with Crippen LogP contribution < -0.4 is 11.1 Å². The SMILES string of the molecule is CC(C)[C@H](N)C(=O)NC(C)(C)C1CC1. The second-order valence-corrected chi connectivity index (χ2v) is 5.26. The van der Waals surface area contributed by atoms with E-state index in [4.69, 9.17) is 5.73 Å². The zero-order chi connectivity index (χ0) is 10.9. The molecule has 1 amide bonds. The van der Waals surface area contributed by atoms with Gasteiger partial charge in [-0.1, -0.05) is 13.8 Å². The van der Waals surface area contributed by atoms with Crippen molar-refractivity contribution in [1.82, 2.24) is 5.32 Å². The fourth-order valence-electron chi connectivity index (χ4n) is 1.61. The highest BCUT2D eigenvalue weighted by molar-refractivity contribution is 5.82. The number of hydrogen-bond acceptors (Lipinski definition) is 2. The number of hydrogen-bond donors (Lipinski definition) is 2. The monoisotopic (exact) mass is 198 g/mol. The molecular weight excluding hydrogens is 176 g/mol. The van der Waals surface area contributed by atoms with Crippen LogP contribution in [-0.2, 0) is 4.79 Å². The summed E-state index contributed by atoms with van der Waals surface area (Å²) in [6, 6.07) is -0.381. The van der Waals surface area contributed by atoms with Crippen molar-refractivity contribution < 1.29 is 4.79 Å². The van der Waals surface area contributed by atoms with Crippen molar-refractivity contribution in [2.24, 2.45) is 17.6 Å². The fourth-order valence-corrected chi connectivity index (χ4v) is 1.61. The second-order valence-electron chi connectivity index (χ2n) is 5.26. The molecule has 1 aliphatic rings. The third-order valence-electron chi connectivity index (χ3n) is 3.06. The number of nitrogens with one attached hydrogen (secondary N) is 1. The van der Waals surface area contributed by atoms with Gasteiger partial charge in [0.05, 0.1) is 6.04 Å². The van der Waals surface area contributed by atoms with E-state index in [2.05, 4.69) is 19.2 Å². The lowest BCUT2D eigenvalue weighted by Crippen LogP contribution is -2.53. The summed E-state index contributed by atoms with van der Waals surface area (Å²) in [5.74, 6) is 0.827. The maximum atomic E-state index is 11.7.